The Labute approximate surface area is 107 Å². The molecule has 0 unspecified atom stereocenters. The van der Waals surface area contributed by atoms with Gasteiger partial charge in [-0.1, -0.05) is 0 Å². The van der Waals surface area contributed by atoms with Crippen molar-refractivity contribution in [3.05, 3.63) is 34.1 Å². The predicted octanol–water partition coefficient (Wildman–Crippen LogP) is 2.50. The first-order valence-corrected chi connectivity index (χ1v) is 6.18. The molecule has 1 N–H and O–H groups in total. The van der Waals surface area contributed by atoms with Crippen LogP contribution in [0, 0.1) is 5.82 Å². The molecule has 1 aromatic carbocycles. The highest BCUT2D eigenvalue weighted by molar-refractivity contribution is 9.10. The smallest absolute Gasteiger partial charge is 0.251 e. The van der Waals surface area contributed by atoms with E-state index in [1.165, 1.54) is 12.1 Å². The van der Waals surface area contributed by atoms with Gasteiger partial charge in [0.2, 0.25) is 0 Å². The van der Waals surface area contributed by atoms with Gasteiger partial charge in [-0.05, 0) is 47.0 Å². The van der Waals surface area contributed by atoms with Crippen molar-refractivity contribution in [1.82, 2.24) is 5.32 Å². The van der Waals surface area contributed by atoms with Gasteiger partial charge in [0.05, 0.1) is 10.6 Å². The van der Waals surface area contributed by atoms with Gasteiger partial charge < -0.3 is 10.1 Å². The monoisotopic (exact) mass is 301 g/mol. The Morgan fingerprint density at radius 2 is 2.24 bits per heavy atom. The summed E-state index contributed by atoms with van der Waals surface area (Å²) in [7, 11) is 1.66. The molecule has 1 saturated carbocycles. The van der Waals surface area contributed by atoms with Gasteiger partial charge in [0.1, 0.15) is 5.82 Å². The van der Waals surface area contributed by atoms with Crippen LogP contribution in [0.4, 0.5) is 4.39 Å². The standard InChI is InChI=1S/C12H13BrFNO2/c1-17-9-5-8(6-9)15-12(16)7-2-3-10(13)11(14)4-7/h2-4,8-9H,5-6H2,1H3,(H,15,16). The van der Waals surface area contributed by atoms with Crippen molar-refractivity contribution in [3.8, 4) is 0 Å². The molecule has 3 nitrogen and oxygen atoms in total. The zero-order chi connectivity index (χ0) is 12.4. The highest BCUT2D eigenvalue weighted by Crippen LogP contribution is 2.23. The van der Waals surface area contributed by atoms with Crippen molar-refractivity contribution < 1.29 is 13.9 Å². The zero-order valence-corrected chi connectivity index (χ0v) is 11.0. The van der Waals surface area contributed by atoms with Gasteiger partial charge in [0.15, 0.2) is 0 Å². The number of halogens is 2. The second-order valence-corrected chi connectivity index (χ2v) is 4.98. The van der Waals surface area contributed by atoms with Crippen LogP contribution in [0.3, 0.4) is 0 Å². The third-order valence-corrected chi connectivity index (χ3v) is 3.59. The fraction of sp³-hybridized carbons (Fsp3) is 0.417. The number of carbonyl (C=O) groups is 1. The van der Waals surface area contributed by atoms with Gasteiger partial charge >= 0.3 is 0 Å². The second-order valence-electron chi connectivity index (χ2n) is 4.13. The minimum absolute atomic E-state index is 0.138. The average Bonchev–Trinajstić information content (AvgIpc) is 2.26. The Bertz CT molecular complexity index is 433. The molecule has 2 rings (SSSR count). The maximum absolute atomic E-state index is 13.2. The summed E-state index contributed by atoms with van der Waals surface area (Å²) in [6, 6.07) is 4.49. The van der Waals surface area contributed by atoms with Crippen LogP contribution in [-0.4, -0.2) is 25.2 Å². The maximum Gasteiger partial charge on any atom is 0.251 e. The Kier molecular flexibility index (Phi) is 3.79. The van der Waals surface area contributed by atoms with Gasteiger partial charge in [0.25, 0.3) is 5.91 Å². The fourth-order valence-corrected chi connectivity index (χ4v) is 2.03. The number of nitrogens with one attached hydrogen (secondary N) is 1. The van der Waals surface area contributed by atoms with Crippen molar-refractivity contribution in [2.75, 3.05) is 7.11 Å². The molecular formula is C12H13BrFNO2. The van der Waals surface area contributed by atoms with E-state index in [-0.39, 0.29) is 18.1 Å². The van der Waals surface area contributed by atoms with E-state index in [1.54, 1.807) is 13.2 Å². The number of benzene rings is 1. The van der Waals surface area contributed by atoms with E-state index in [4.69, 9.17) is 4.74 Å². The van der Waals surface area contributed by atoms with Gasteiger partial charge in [0, 0.05) is 18.7 Å². The van der Waals surface area contributed by atoms with Crippen molar-refractivity contribution in [2.45, 2.75) is 25.0 Å². The molecule has 0 saturated heterocycles. The second kappa shape index (κ2) is 5.14. The van der Waals surface area contributed by atoms with Crippen molar-refractivity contribution in [2.24, 2.45) is 0 Å². The molecule has 0 aliphatic heterocycles. The van der Waals surface area contributed by atoms with E-state index in [9.17, 15) is 9.18 Å². The molecule has 0 aromatic heterocycles. The number of rotatable bonds is 3. The molecule has 0 spiro atoms. The van der Waals surface area contributed by atoms with Crippen molar-refractivity contribution in [3.63, 3.8) is 0 Å². The third kappa shape index (κ3) is 2.84. The lowest BCUT2D eigenvalue weighted by atomic mass is 9.89. The lowest BCUT2D eigenvalue weighted by Gasteiger charge is -2.34. The first-order chi connectivity index (χ1) is 8.10. The zero-order valence-electron chi connectivity index (χ0n) is 9.37. The number of carbonyl (C=O) groups excluding carboxylic acids is 1. The summed E-state index contributed by atoms with van der Waals surface area (Å²) in [5.74, 6) is -0.669. The normalized spacial score (nSPS) is 23.0. The molecular weight excluding hydrogens is 289 g/mol. The fourth-order valence-electron chi connectivity index (χ4n) is 1.78. The Hall–Kier alpha value is -0.940. The van der Waals surface area contributed by atoms with Crippen LogP contribution in [0.5, 0.6) is 0 Å². The highest BCUT2D eigenvalue weighted by Gasteiger charge is 2.30. The summed E-state index contributed by atoms with van der Waals surface area (Å²) in [6.45, 7) is 0. The molecule has 1 aromatic rings. The topological polar surface area (TPSA) is 38.3 Å². The molecule has 0 heterocycles. The van der Waals surface area contributed by atoms with Gasteiger partial charge in [-0.15, -0.1) is 0 Å². The van der Waals surface area contributed by atoms with Crippen molar-refractivity contribution >= 4 is 21.8 Å². The molecule has 0 radical (unpaired) electrons. The maximum atomic E-state index is 13.2. The molecule has 1 fully saturated rings. The molecule has 1 aliphatic rings. The van der Waals surface area contributed by atoms with Crippen LogP contribution in [0.2, 0.25) is 0 Å². The quantitative estimate of drug-likeness (QED) is 0.931. The lowest BCUT2D eigenvalue weighted by Crippen LogP contribution is -2.47. The number of hydrogen-bond acceptors (Lipinski definition) is 2. The van der Waals surface area contributed by atoms with Crippen LogP contribution in [0.1, 0.15) is 23.2 Å². The van der Waals surface area contributed by atoms with E-state index < -0.39 is 5.82 Å². The minimum atomic E-state index is -0.430. The Balaban J connectivity index is 1.94. The molecule has 92 valence electrons. The van der Waals surface area contributed by atoms with E-state index >= 15 is 0 Å². The molecule has 0 atom stereocenters. The largest absolute Gasteiger partial charge is 0.381 e. The molecule has 0 bridgehead atoms. The summed E-state index contributed by atoms with van der Waals surface area (Å²) in [5.41, 5.74) is 0.339. The summed E-state index contributed by atoms with van der Waals surface area (Å²) in [5, 5.41) is 2.84. The van der Waals surface area contributed by atoms with E-state index in [0.717, 1.165) is 12.8 Å². The third-order valence-electron chi connectivity index (χ3n) is 2.95. The van der Waals surface area contributed by atoms with Crippen LogP contribution in [0.25, 0.3) is 0 Å². The van der Waals surface area contributed by atoms with E-state index in [2.05, 4.69) is 21.2 Å². The average molecular weight is 302 g/mol. The van der Waals surface area contributed by atoms with Crippen LogP contribution < -0.4 is 5.32 Å². The van der Waals surface area contributed by atoms with Crippen LogP contribution in [0.15, 0.2) is 22.7 Å². The number of methoxy groups -OCH3 is 1. The van der Waals surface area contributed by atoms with Crippen LogP contribution >= 0.6 is 15.9 Å². The van der Waals surface area contributed by atoms with Gasteiger partial charge in [-0.25, -0.2) is 4.39 Å². The number of ether oxygens (including phenoxy) is 1. The lowest BCUT2D eigenvalue weighted by molar-refractivity contribution is 0.0176. The molecule has 1 aliphatic carbocycles. The summed E-state index contributed by atoms with van der Waals surface area (Å²) in [4.78, 5) is 11.8. The van der Waals surface area contributed by atoms with Crippen LogP contribution in [-0.2, 0) is 4.74 Å². The van der Waals surface area contributed by atoms with Gasteiger partial charge in [-0.2, -0.15) is 0 Å². The first kappa shape index (κ1) is 12.5. The van der Waals surface area contributed by atoms with Crippen molar-refractivity contribution in [1.29, 1.82) is 0 Å². The Morgan fingerprint density at radius 3 is 2.82 bits per heavy atom. The summed E-state index contributed by atoms with van der Waals surface area (Å²) in [6.07, 6.45) is 1.88. The van der Waals surface area contributed by atoms with Gasteiger partial charge in [-0.3, -0.25) is 4.79 Å². The minimum Gasteiger partial charge on any atom is -0.381 e. The summed E-state index contributed by atoms with van der Waals surface area (Å²) < 4.78 is 18.7. The number of amides is 1. The highest BCUT2D eigenvalue weighted by atomic mass is 79.9. The van der Waals surface area contributed by atoms with E-state index in [1.807, 2.05) is 0 Å². The Morgan fingerprint density at radius 1 is 1.53 bits per heavy atom. The summed E-state index contributed by atoms with van der Waals surface area (Å²) >= 11 is 3.05. The molecule has 5 heteroatoms. The molecule has 1 amide bonds. The predicted molar refractivity (Wildman–Crippen MR) is 65.4 cm³/mol. The number of hydrogen-bond donors (Lipinski definition) is 1. The SMILES string of the molecule is COC1CC(NC(=O)c2ccc(Br)c(F)c2)C1. The van der Waals surface area contributed by atoms with E-state index in [0.29, 0.717) is 10.0 Å². The first-order valence-electron chi connectivity index (χ1n) is 5.39. The molecule has 17 heavy (non-hydrogen) atoms.